The number of rotatable bonds is 5. The van der Waals surface area contributed by atoms with Gasteiger partial charge in [0.15, 0.2) is 5.82 Å². The Kier molecular flexibility index (Phi) is 7.96. The Bertz CT molecular complexity index is 1310. The van der Waals surface area contributed by atoms with Crippen LogP contribution >= 0.6 is 23.4 Å². The van der Waals surface area contributed by atoms with Gasteiger partial charge in [-0.15, -0.1) is 11.8 Å². The number of nitrogens with zero attached hydrogens (tertiary/aromatic N) is 4. The second kappa shape index (κ2) is 11.5. The number of aryl methyl sites for hydroxylation is 2. The van der Waals surface area contributed by atoms with E-state index in [2.05, 4.69) is 10.3 Å². The molecular weight excluding hydrogens is 506 g/mol. The van der Waals surface area contributed by atoms with Crippen LogP contribution in [0.5, 0.6) is 0 Å². The number of likely N-dealkylation sites (tertiary alicyclic amines) is 1. The van der Waals surface area contributed by atoms with Gasteiger partial charge in [-0.05, 0) is 74.4 Å². The van der Waals surface area contributed by atoms with Crippen molar-refractivity contribution in [3.05, 3.63) is 76.1 Å². The van der Waals surface area contributed by atoms with Crippen molar-refractivity contribution in [2.24, 2.45) is 0 Å². The molecule has 9 heteroatoms. The van der Waals surface area contributed by atoms with Gasteiger partial charge >= 0.3 is 6.03 Å². The number of nitrogens with one attached hydrogen (secondary N) is 1. The molecule has 37 heavy (non-hydrogen) atoms. The van der Waals surface area contributed by atoms with Crippen LogP contribution in [-0.4, -0.2) is 46.4 Å². The second-order valence-electron chi connectivity index (χ2n) is 9.49. The number of halogens is 1. The molecule has 0 saturated carbocycles. The Balaban J connectivity index is 1.31. The Morgan fingerprint density at radius 1 is 1.05 bits per heavy atom. The fraction of sp³-hybridized carbons (Fsp3) is 0.357. The Hall–Kier alpha value is -3.10. The minimum atomic E-state index is -0.264. The molecule has 0 unspecified atom stereocenters. The second-order valence-corrected chi connectivity index (χ2v) is 10.9. The molecule has 0 radical (unpaired) electrons. The average molecular weight is 536 g/mol. The van der Waals surface area contributed by atoms with E-state index in [1.807, 2.05) is 48.2 Å². The van der Waals surface area contributed by atoms with Crippen molar-refractivity contribution in [3.63, 3.8) is 0 Å². The van der Waals surface area contributed by atoms with E-state index in [0.29, 0.717) is 28.8 Å². The lowest BCUT2D eigenvalue weighted by molar-refractivity contribution is 0.0792. The van der Waals surface area contributed by atoms with Crippen molar-refractivity contribution in [3.8, 4) is 0 Å². The number of aromatic nitrogens is 2. The van der Waals surface area contributed by atoms with Crippen LogP contribution in [-0.2, 0) is 12.2 Å². The number of anilines is 2. The highest BCUT2D eigenvalue weighted by atomic mass is 35.5. The number of hydrogen-bond donors (Lipinski definition) is 1. The third kappa shape index (κ3) is 6.08. The van der Waals surface area contributed by atoms with Gasteiger partial charge in [0, 0.05) is 31.0 Å². The first kappa shape index (κ1) is 25.5. The molecule has 3 heterocycles. The van der Waals surface area contributed by atoms with Crippen LogP contribution in [0, 0.1) is 6.92 Å². The van der Waals surface area contributed by atoms with E-state index in [-0.39, 0.29) is 11.9 Å². The monoisotopic (exact) mass is 535 g/mol. The van der Waals surface area contributed by atoms with Crippen molar-refractivity contribution in [1.82, 2.24) is 14.9 Å². The quantitative estimate of drug-likeness (QED) is 0.385. The lowest BCUT2D eigenvalue weighted by atomic mass is 10.1. The standard InChI is InChI=1S/C28H30ClN5O2S/c1-19-10-11-22(29)24(15-19)31-28(36)34-14-3-2-9-23-26(34)32-25(17-30-23)37-18-20-7-6-8-21(16-20)27(35)33-12-4-5-13-33/h6-8,10-11,15-17H,2-5,9,12-14,18H2,1H3,(H,31,36). The maximum atomic E-state index is 13.3. The molecule has 1 saturated heterocycles. The van der Waals surface area contributed by atoms with E-state index >= 15 is 0 Å². The molecule has 1 fully saturated rings. The summed E-state index contributed by atoms with van der Waals surface area (Å²) in [5, 5.41) is 4.19. The SMILES string of the molecule is Cc1ccc(Cl)c(NC(=O)N2CCCCc3ncc(SCc4cccc(C(=O)N5CCCC5)c4)nc32)c1. The molecule has 2 aromatic carbocycles. The zero-order valence-corrected chi connectivity index (χ0v) is 22.4. The molecule has 3 amide bonds. The molecule has 0 aliphatic carbocycles. The van der Waals surface area contributed by atoms with E-state index in [9.17, 15) is 9.59 Å². The summed E-state index contributed by atoms with van der Waals surface area (Å²) < 4.78 is 0. The Morgan fingerprint density at radius 2 is 1.86 bits per heavy atom. The zero-order chi connectivity index (χ0) is 25.8. The summed E-state index contributed by atoms with van der Waals surface area (Å²) in [4.78, 5) is 39.2. The molecule has 0 atom stereocenters. The smallest absolute Gasteiger partial charge is 0.327 e. The van der Waals surface area contributed by atoms with E-state index in [1.165, 1.54) is 0 Å². The van der Waals surface area contributed by atoms with Crippen LogP contribution in [0.4, 0.5) is 16.3 Å². The predicted octanol–water partition coefficient (Wildman–Crippen LogP) is 6.34. The lowest BCUT2D eigenvalue weighted by Gasteiger charge is -2.22. The van der Waals surface area contributed by atoms with Crippen molar-refractivity contribution in [2.75, 3.05) is 29.9 Å². The van der Waals surface area contributed by atoms with Crippen LogP contribution in [0.25, 0.3) is 0 Å². The highest BCUT2D eigenvalue weighted by molar-refractivity contribution is 7.98. The molecule has 7 nitrogen and oxygen atoms in total. The minimum absolute atomic E-state index is 0.101. The molecule has 3 aromatic rings. The van der Waals surface area contributed by atoms with Gasteiger partial charge in [0.2, 0.25) is 0 Å². The van der Waals surface area contributed by atoms with Gasteiger partial charge in [-0.25, -0.2) is 9.78 Å². The van der Waals surface area contributed by atoms with Crippen LogP contribution < -0.4 is 10.2 Å². The topological polar surface area (TPSA) is 78.4 Å². The van der Waals surface area contributed by atoms with Gasteiger partial charge in [0.05, 0.1) is 22.6 Å². The minimum Gasteiger partial charge on any atom is -0.339 e. The molecule has 1 aromatic heterocycles. The Morgan fingerprint density at radius 3 is 2.70 bits per heavy atom. The van der Waals surface area contributed by atoms with Gasteiger partial charge in [0.1, 0.15) is 5.03 Å². The summed E-state index contributed by atoms with van der Waals surface area (Å²) in [5.74, 6) is 1.35. The summed E-state index contributed by atoms with van der Waals surface area (Å²) in [6.45, 7) is 4.19. The van der Waals surface area contributed by atoms with E-state index in [1.54, 1.807) is 28.9 Å². The zero-order valence-electron chi connectivity index (χ0n) is 20.9. The van der Waals surface area contributed by atoms with Gasteiger partial charge in [0.25, 0.3) is 5.91 Å². The van der Waals surface area contributed by atoms with Gasteiger partial charge in [-0.1, -0.05) is 29.8 Å². The summed E-state index contributed by atoms with van der Waals surface area (Å²) in [5.41, 5.74) is 4.20. The van der Waals surface area contributed by atoms with E-state index in [4.69, 9.17) is 16.6 Å². The maximum Gasteiger partial charge on any atom is 0.327 e. The molecule has 192 valence electrons. The number of urea groups is 1. The van der Waals surface area contributed by atoms with Crippen molar-refractivity contribution in [2.45, 2.75) is 49.8 Å². The van der Waals surface area contributed by atoms with Crippen LogP contribution in [0.2, 0.25) is 5.02 Å². The summed E-state index contributed by atoms with van der Waals surface area (Å²) in [6.07, 6.45) is 6.52. The fourth-order valence-electron chi connectivity index (χ4n) is 4.69. The summed E-state index contributed by atoms with van der Waals surface area (Å²) >= 11 is 7.87. The summed E-state index contributed by atoms with van der Waals surface area (Å²) in [6, 6.07) is 13.1. The van der Waals surface area contributed by atoms with Gasteiger partial charge < -0.3 is 10.2 Å². The van der Waals surface area contributed by atoms with Crippen molar-refractivity contribution < 1.29 is 9.59 Å². The third-order valence-corrected chi connectivity index (χ3v) is 7.97. The molecule has 0 bridgehead atoms. The number of carbonyl (C=O) groups excluding carboxylic acids is 2. The highest BCUT2D eigenvalue weighted by Crippen LogP contribution is 2.30. The van der Waals surface area contributed by atoms with Gasteiger partial charge in [-0.2, -0.15) is 0 Å². The first-order chi connectivity index (χ1) is 18.0. The predicted molar refractivity (Wildman–Crippen MR) is 149 cm³/mol. The highest BCUT2D eigenvalue weighted by Gasteiger charge is 2.25. The van der Waals surface area contributed by atoms with Crippen LogP contribution in [0.3, 0.4) is 0 Å². The molecule has 2 aliphatic rings. The van der Waals surface area contributed by atoms with E-state index in [0.717, 1.165) is 72.6 Å². The molecular formula is C28H30ClN5O2S. The third-order valence-electron chi connectivity index (χ3n) is 6.67. The average Bonchev–Trinajstić information content (AvgIpc) is 3.36. The molecule has 0 spiro atoms. The molecule has 1 N–H and O–H groups in total. The Labute approximate surface area is 226 Å². The largest absolute Gasteiger partial charge is 0.339 e. The number of hydrogen-bond acceptors (Lipinski definition) is 5. The van der Waals surface area contributed by atoms with Crippen LogP contribution in [0.15, 0.2) is 53.7 Å². The fourth-order valence-corrected chi connectivity index (χ4v) is 5.63. The number of carbonyl (C=O) groups is 2. The summed E-state index contributed by atoms with van der Waals surface area (Å²) in [7, 11) is 0. The number of fused-ring (bicyclic) bond motifs is 1. The molecule has 2 aliphatic heterocycles. The van der Waals surface area contributed by atoms with Crippen molar-refractivity contribution >= 4 is 46.8 Å². The number of benzene rings is 2. The van der Waals surface area contributed by atoms with Crippen molar-refractivity contribution in [1.29, 1.82) is 0 Å². The first-order valence-electron chi connectivity index (χ1n) is 12.7. The van der Waals surface area contributed by atoms with Gasteiger partial charge in [-0.3, -0.25) is 14.7 Å². The maximum absolute atomic E-state index is 13.3. The number of thioether (sulfide) groups is 1. The number of amides is 3. The van der Waals surface area contributed by atoms with E-state index < -0.39 is 0 Å². The normalized spacial score (nSPS) is 15.3. The molecule has 5 rings (SSSR count). The van der Waals surface area contributed by atoms with Crippen LogP contribution in [0.1, 0.15) is 52.9 Å². The lowest BCUT2D eigenvalue weighted by Crippen LogP contribution is -2.36. The first-order valence-corrected chi connectivity index (χ1v) is 14.1.